The number of hydrogen-bond acceptors (Lipinski definition) is 5. The molecule has 5 aromatic rings. The van der Waals surface area contributed by atoms with Crippen LogP contribution in [0.5, 0.6) is 0 Å². The van der Waals surface area contributed by atoms with Gasteiger partial charge in [0.15, 0.2) is 0 Å². The zero-order valence-electron chi connectivity index (χ0n) is 30.9. The van der Waals surface area contributed by atoms with Crippen LogP contribution in [0, 0.1) is 0 Å². The van der Waals surface area contributed by atoms with Crippen molar-refractivity contribution in [2.24, 2.45) is 9.98 Å². The average molecular weight is 666 g/mol. The molecule has 0 saturated carbocycles. The van der Waals surface area contributed by atoms with Crippen LogP contribution in [0.4, 0.5) is 11.4 Å². The van der Waals surface area contributed by atoms with Crippen molar-refractivity contribution < 1.29 is 9.47 Å². The van der Waals surface area contributed by atoms with Gasteiger partial charge in [-0.25, -0.2) is 15.0 Å². The van der Waals surface area contributed by atoms with Crippen LogP contribution in [0.1, 0.15) is 124 Å². The quantitative estimate of drug-likeness (QED) is 0.0984. The number of benzene rings is 4. The monoisotopic (exact) mass is 665 g/mol. The van der Waals surface area contributed by atoms with Crippen molar-refractivity contribution in [3.05, 3.63) is 160 Å². The van der Waals surface area contributed by atoms with Gasteiger partial charge in [-0.15, -0.1) is 0 Å². The molecule has 1 heterocycles. The Morgan fingerprint density at radius 2 is 0.760 bits per heavy atom. The van der Waals surface area contributed by atoms with Crippen LogP contribution in [0.3, 0.4) is 0 Å². The van der Waals surface area contributed by atoms with Crippen molar-refractivity contribution >= 4 is 23.2 Å². The standard InChI is InChI=1S/C45H51N3O2/c1-30(2)36-22-15-23-37(31(3)4)42(36)47-44(49-28-34-18-11-9-12-19-34)40-26-17-27-41(46-40)45(50-29-35-20-13-10-14-21-35)48-43-38(32(5)6)24-16-25-39(43)33(7)8/h9-27,30-33H,28-29H2,1-8H3. The van der Waals surface area contributed by atoms with Crippen molar-refractivity contribution in [1.29, 1.82) is 0 Å². The Morgan fingerprint density at radius 1 is 0.440 bits per heavy atom. The second-order valence-electron chi connectivity index (χ2n) is 14.0. The first-order chi connectivity index (χ1) is 24.1. The van der Waals surface area contributed by atoms with Gasteiger partial charge in [-0.05, 0) is 69.2 Å². The van der Waals surface area contributed by atoms with E-state index in [9.17, 15) is 0 Å². The summed E-state index contributed by atoms with van der Waals surface area (Å²) >= 11 is 0. The fourth-order valence-corrected chi connectivity index (χ4v) is 5.94. The maximum absolute atomic E-state index is 6.58. The summed E-state index contributed by atoms with van der Waals surface area (Å²) in [6, 6.07) is 39.1. The van der Waals surface area contributed by atoms with Gasteiger partial charge in [-0.3, -0.25) is 0 Å². The molecule has 0 aliphatic rings. The highest BCUT2D eigenvalue weighted by molar-refractivity contribution is 5.98. The Morgan fingerprint density at radius 3 is 1.08 bits per heavy atom. The minimum absolute atomic E-state index is 0.281. The summed E-state index contributed by atoms with van der Waals surface area (Å²) in [6.45, 7) is 18.3. The first-order valence-electron chi connectivity index (χ1n) is 17.9. The molecule has 1 aromatic heterocycles. The molecule has 0 amide bonds. The second-order valence-corrected chi connectivity index (χ2v) is 14.0. The summed E-state index contributed by atoms with van der Waals surface area (Å²) < 4.78 is 13.2. The molecule has 0 aliphatic carbocycles. The molecule has 5 rings (SSSR count). The summed E-state index contributed by atoms with van der Waals surface area (Å²) in [6.07, 6.45) is 0. The van der Waals surface area contributed by atoms with E-state index in [0.29, 0.717) is 36.4 Å². The molecule has 0 unspecified atom stereocenters. The lowest BCUT2D eigenvalue weighted by Gasteiger charge is -2.19. The van der Waals surface area contributed by atoms with Crippen molar-refractivity contribution in [2.75, 3.05) is 0 Å². The fraction of sp³-hybridized carbons (Fsp3) is 0.311. The minimum Gasteiger partial charge on any atom is -0.471 e. The second kappa shape index (κ2) is 17.1. The largest absolute Gasteiger partial charge is 0.471 e. The lowest BCUT2D eigenvalue weighted by Crippen LogP contribution is -2.15. The fourth-order valence-electron chi connectivity index (χ4n) is 5.94. The van der Waals surface area contributed by atoms with E-state index < -0.39 is 0 Å². The summed E-state index contributed by atoms with van der Waals surface area (Å²) in [4.78, 5) is 15.8. The highest BCUT2D eigenvalue weighted by atomic mass is 16.5. The zero-order chi connectivity index (χ0) is 35.6. The Labute approximate surface area is 299 Å². The maximum Gasteiger partial charge on any atom is 0.240 e. The van der Waals surface area contributed by atoms with Gasteiger partial charge in [0.1, 0.15) is 24.6 Å². The molecule has 0 radical (unpaired) electrons. The molecule has 4 aromatic carbocycles. The lowest BCUT2D eigenvalue weighted by atomic mass is 9.93. The van der Waals surface area contributed by atoms with E-state index in [2.05, 4.69) is 116 Å². The van der Waals surface area contributed by atoms with Crippen LogP contribution in [0.25, 0.3) is 0 Å². The number of hydrogen-bond donors (Lipinski definition) is 0. The summed E-state index contributed by atoms with van der Waals surface area (Å²) in [5.41, 5.74) is 9.91. The van der Waals surface area contributed by atoms with Gasteiger partial charge in [0.25, 0.3) is 0 Å². The average Bonchev–Trinajstić information content (AvgIpc) is 3.12. The zero-order valence-corrected chi connectivity index (χ0v) is 30.9. The Kier molecular flexibility index (Phi) is 12.4. The number of nitrogens with zero attached hydrogens (tertiary/aromatic N) is 3. The van der Waals surface area contributed by atoms with Crippen LogP contribution in [-0.2, 0) is 22.7 Å². The number of pyridine rings is 1. The van der Waals surface area contributed by atoms with Crippen molar-refractivity contribution in [3.8, 4) is 0 Å². The number of aliphatic imine (C=N–C) groups is 2. The molecule has 50 heavy (non-hydrogen) atoms. The van der Waals surface area contributed by atoms with Crippen LogP contribution in [-0.4, -0.2) is 16.8 Å². The van der Waals surface area contributed by atoms with E-state index in [1.807, 2.05) is 54.6 Å². The minimum atomic E-state index is 0.281. The summed E-state index contributed by atoms with van der Waals surface area (Å²) in [7, 11) is 0. The van der Waals surface area contributed by atoms with Crippen molar-refractivity contribution in [3.63, 3.8) is 0 Å². The molecule has 0 N–H and O–H groups in total. The highest BCUT2D eigenvalue weighted by Crippen LogP contribution is 2.37. The number of aromatic nitrogens is 1. The van der Waals surface area contributed by atoms with Gasteiger partial charge < -0.3 is 9.47 Å². The van der Waals surface area contributed by atoms with Gasteiger partial charge in [0.2, 0.25) is 11.8 Å². The smallest absolute Gasteiger partial charge is 0.240 e. The van der Waals surface area contributed by atoms with E-state index in [1.54, 1.807) is 0 Å². The third-order valence-electron chi connectivity index (χ3n) is 8.74. The van der Waals surface area contributed by atoms with Crippen LogP contribution in [0.15, 0.2) is 125 Å². The number of ether oxygens (including phenoxy) is 2. The van der Waals surface area contributed by atoms with Crippen LogP contribution in [0.2, 0.25) is 0 Å². The first kappa shape index (κ1) is 36.3. The van der Waals surface area contributed by atoms with Gasteiger partial charge in [-0.1, -0.05) is 159 Å². The SMILES string of the molecule is CC(C)c1cccc(C(C)C)c1N=C(OCc1ccccc1)c1cccc(C(=Nc2c(C(C)C)cccc2C(C)C)OCc2ccccc2)n1. The molecule has 0 saturated heterocycles. The third-order valence-corrected chi connectivity index (χ3v) is 8.74. The third kappa shape index (κ3) is 9.15. The van der Waals surface area contributed by atoms with Gasteiger partial charge in [0.05, 0.1) is 11.4 Å². The predicted octanol–water partition coefficient (Wildman–Crippen LogP) is 12.2. The number of para-hydroxylation sites is 2. The van der Waals surface area contributed by atoms with Crippen molar-refractivity contribution in [2.45, 2.75) is 92.3 Å². The highest BCUT2D eigenvalue weighted by Gasteiger charge is 2.20. The molecule has 258 valence electrons. The molecule has 0 atom stereocenters. The van der Waals surface area contributed by atoms with Crippen molar-refractivity contribution in [1.82, 2.24) is 4.98 Å². The summed E-state index contributed by atoms with van der Waals surface area (Å²) in [5, 5.41) is 0. The van der Waals surface area contributed by atoms with Crippen LogP contribution < -0.4 is 0 Å². The van der Waals surface area contributed by atoms with E-state index in [-0.39, 0.29) is 23.7 Å². The molecule has 5 heteroatoms. The molecular weight excluding hydrogens is 615 g/mol. The predicted molar refractivity (Wildman–Crippen MR) is 208 cm³/mol. The van der Waals surface area contributed by atoms with Gasteiger partial charge in [-0.2, -0.15) is 0 Å². The topological polar surface area (TPSA) is 56.1 Å². The van der Waals surface area contributed by atoms with Gasteiger partial charge >= 0.3 is 0 Å². The first-order valence-corrected chi connectivity index (χ1v) is 17.9. The Hall–Kier alpha value is -5.03. The molecule has 0 spiro atoms. The van der Waals surface area contributed by atoms with Crippen LogP contribution >= 0.6 is 0 Å². The number of rotatable bonds is 12. The molecular formula is C45H51N3O2. The molecule has 0 bridgehead atoms. The van der Waals surface area contributed by atoms with E-state index in [4.69, 9.17) is 24.4 Å². The Bertz CT molecular complexity index is 1720. The van der Waals surface area contributed by atoms with Gasteiger partial charge in [0, 0.05) is 0 Å². The molecule has 0 aliphatic heterocycles. The molecule has 0 fully saturated rings. The normalized spacial score (nSPS) is 12.3. The van der Waals surface area contributed by atoms with E-state index >= 15 is 0 Å². The molecule has 5 nitrogen and oxygen atoms in total. The lowest BCUT2D eigenvalue weighted by molar-refractivity contribution is 0.290. The summed E-state index contributed by atoms with van der Waals surface area (Å²) in [5.74, 6) is 2.04. The Balaban J connectivity index is 1.68. The van der Waals surface area contributed by atoms with E-state index in [1.165, 1.54) is 22.3 Å². The maximum atomic E-state index is 6.58. The van der Waals surface area contributed by atoms with E-state index in [0.717, 1.165) is 22.5 Å².